The van der Waals surface area contributed by atoms with Crippen molar-refractivity contribution in [3.63, 3.8) is 0 Å². The Labute approximate surface area is 86.9 Å². The maximum absolute atomic E-state index is 10.1. The predicted octanol–water partition coefficient (Wildman–Crippen LogP) is 1.53. The highest BCUT2D eigenvalue weighted by atomic mass is 35.5. The van der Waals surface area contributed by atoms with E-state index in [1.165, 1.54) is 12.3 Å². The van der Waals surface area contributed by atoms with Crippen LogP contribution in [-0.4, -0.2) is 16.5 Å². The van der Waals surface area contributed by atoms with Gasteiger partial charge in [0, 0.05) is 0 Å². The molecule has 0 saturated carbocycles. The van der Waals surface area contributed by atoms with E-state index in [-0.39, 0.29) is 0 Å². The van der Waals surface area contributed by atoms with E-state index in [1.54, 1.807) is 13.8 Å². The number of carbonyl (C=O) groups excluding carboxylic acids is 1. The summed E-state index contributed by atoms with van der Waals surface area (Å²) in [5.41, 5.74) is -0.204. The first-order valence-corrected chi connectivity index (χ1v) is 4.41. The molecule has 0 saturated heterocycles. The lowest BCUT2D eigenvalue weighted by atomic mass is 10.0. The number of halogens is 1. The minimum Gasteiger partial charge on any atom is -0.384 e. The number of rotatable bonds is 3. The lowest BCUT2D eigenvalue weighted by Crippen LogP contribution is -2.18. The van der Waals surface area contributed by atoms with Gasteiger partial charge in [0.25, 0.3) is 0 Å². The summed E-state index contributed by atoms with van der Waals surface area (Å²) in [5, 5.41) is 12.4. The molecular weight excluding hydrogens is 204 g/mol. The summed E-state index contributed by atoms with van der Waals surface area (Å²) in [6, 6.07) is 1.54. The second-order valence-electron chi connectivity index (χ2n) is 3.38. The summed E-state index contributed by atoms with van der Waals surface area (Å²) in [6.07, 6.45) is 1.98. The fourth-order valence-electron chi connectivity index (χ4n) is 1.04. The van der Waals surface area contributed by atoms with Gasteiger partial charge in [-0.2, -0.15) is 0 Å². The van der Waals surface area contributed by atoms with Crippen LogP contribution >= 0.6 is 11.6 Å². The summed E-state index contributed by atoms with van der Waals surface area (Å²) in [6.45, 7) is 3.18. The van der Waals surface area contributed by atoms with Gasteiger partial charge in [0.1, 0.15) is 5.60 Å². The van der Waals surface area contributed by atoms with Crippen LogP contribution in [0.2, 0.25) is 5.02 Å². The molecule has 1 heterocycles. The molecule has 0 aliphatic rings. The van der Waals surface area contributed by atoms with E-state index in [0.717, 1.165) is 0 Å². The van der Waals surface area contributed by atoms with Gasteiger partial charge in [-0.3, -0.25) is 9.78 Å². The van der Waals surface area contributed by atoms with Crippen LogP contribution < -0.4 is 5.32 Å². The molecule has 14 heavy (non-hydrogen) atoms. The molecule has 0 unspecified atom stereocenters. The van der Waals surface area contributed by atoms with Crippen molar-refractivity contribution in [3.05, 3.63) is 23.0 Å². The van der Waals surface area contributed by atoms with Crippen LogP contribution in [0, 0.1) is 0 Å². The van der Waals surface area contributed by atoms with E-state index in [2.05, 4.69) is 10.3 Å². The second-order valence-corrected chi connectivity index (χ2v) is 3.78. The van der Waals surface area contributed by atoms with Crippen LogP contribution in [0.15, 0.2) is 12.3 Å². The van der Waals surface area contributed by atoms with E-state index < -0.39 is 5.60 Å². The molecule has 0 aliphatic heterocycles. The van der Waals surface area contributed by atoms with Gasteiger partial charge in [-0.25, -0.2) is 0 Å². The Morgan fingerprint density at radius 3 is 2.71 bits per heavy atom. The van der Waals surface area contributed by atoms with E-state index >= 15 is 0 Å². The number of carbonyl (C=O) groups is 1. The van der Waals surface area contributed by atoms with Crippen LogP contribution in [0.3, 0.4) is 0 Å². The summed E-state index contributed by atoms with van der Waals surface area (Å²) >= 11 is 5.87. The van der Waals surface area contributed by atoms with Gasteiger partial charge in [-0.1, -0.05) is 11.6 Å². The number of nitrogens with one attached hydrogen (secondary N) is 1. The summed E-state index contributed by atoms with van der Waals surface area (Å²) in [7, 11) is 0. The van der Waals surface area contributed by atoms with Gasteiger partial charge in [-0.15, -0.1) is 0 Å². The maximum atomic E-state index is 10.1. The topological polar surface area (TPSA) is 62.2 Å². The third-order valence-corrected chi connectivity index (χ3v) is 1.93. The highest BCUT2D eigenvalue weighted by Crippen LogP contribution is 2.27. The van der Waals surface area contributed by atoms with Crippen LogP contribution in [0.4, 0.5) is 5.69 Å². The van der Waals surface area contributed by atoms with E-state index in [9.17, 15) is 9.90 Å². The molecule has 0 atom stereocenters. The molecule has 5 heteroatoms. The Bertz CT molecular complexity index is 347. The molecular formula is C9H11ClN2O2. The standard InChI is InChI=1S/C9H11ClN2O2/c1-9(2,14)8-7(10)3-6(4-11-8)12-5-13/h3-5,14H,1-2H3,(H,12,13). The van der Waals surface area contributed by atoms with Crippen molar-refractivity contribution in [2.75, 3.05) is 5.32 Å². The SMILES string of the molecule is CC(C)(O)c1ncc(NC=O)cc1Cl. The molecule has 4 nitrogen and oxygen atoms in total. The molecule has 0 radical (unpaired) electrons. The van der Waals surface area contributed by atoms with Gasteiger partial charge < -0.3 is 10.4 Å². The molecule has 1 aromatic heterocycles. The Balaban J connectivity index is 3.07. The van der Waals surface area contributed by atoms with E-state index in [4.69, 9.17) is 11.6 Å². The largest absolute Gasteiger partial charge is 0.384 e. The normalized spacial score (nSPS) is 11.1. The van der Waals surface area contributed by atoms with Crippen molar-refractivity contribution in [1.29, 1.82) is 0 Å². The van der Waals surface area contributed by atoms with Crippen molar-refractivity contribution in [2.24, 2.45) is 0 Å². The molecule has 76 valence electrons. The maximum Gasteiger partial charge on any atom is 0.211 e. The highest BCUT2D eigenvalue weighted by molar-refractivity contribution is 6.31. The Kier molecular flexibility index (Phi) is 3.08. The van der Waals surface area contributed by atoms with Crippen LogP contribution in [0.25, 0.3) is 0 Å². The Morgan fingerprint density at radius 1 is 1.64 bits per heavy atom. The van der Waals surface area contributed by atoms with Gasteiger partial charge in [0.05, 0.1) is 22.6 Å². The fourth-order valence-corrected chi connectivity index (χ4v) is 1.43. The number of amides is 1. The monoisotopic (exact) mass is 214 g/mol. The minimum atomic E-state index is -1.09. The number of hydrogen-bond acceptors (Lipinski definition) is 3. The number of pyridine rings is 1. The first kappa shape index (κ1) is 10.9. The van der Waals surface area contributed by atoms with Gasteiger partial charge in [0.2, 0.25) is 6.41 Å². The molecule has 1 aromatic rings. The molecule has 1 rings (SSSR count). The quantitative estimate of drug-likeness (QED) is 0.751. The molecule has 0 aliphatic carbocycles. The smallest absolute Gasteiger partial charge is 0.211 e. The predicted molar refractivity (Wildman–Crippen MR) is 54.2 cm³/mol. The van der Waals surface area contributed by atoms with Crippen molar-refractivity contribution < 1.29 is 9.90 Å². The van der Waals surface area contributed by atoms with Crippen molar-refractivity contribution in [1.82, 2.24) is 4.98 Å². The number of nitrogens with zero attached hydrogens (tertiary/aromatic N) is 1. The van der Waals surface area contributed by atoms with Crippen molar-refractivity contribution >= 4 is 23.7 Å². The number of aliphatic hydroxyl groups is 1. The number of hydrogen-bond donors (Lipinski definition) is 2. The third-order valence-electron chi connectivity index (χ3n) is 1.65. The van der Waals surface area contributed by atoms with Crippen LogP contribution in [-0.2, 0) is 10.4 Å². The number of aromatic nitrogens is 1. The Hall–Kier alpha value is -1.13. The Morgan fingerprint density at radius 2 is 2.29 bits per heavy atom. The molecule has 0 bridgehead atoms. The summed E-state index contributed by atoms with van der Waals surface area (Å²) < 4.78 is 0. The first-order chi connectivity index (χ1) is 6.45. The van der Waals surface area contributed by atoms with Crippen molar-refractivity contribution in [2.45, 2.75) is 19.4 Å². The fraction of sp³-hybridized carbons (Fsp3) is 0.333. The number of anilines is 1. The zero-order valence-electron chi connectivity index (χ0n) is 7.91. The molecule has 0 aromatic carbocycles. The average Bonchev–Trinajstić information content (AvgIpc) is 2.02. The first-order valence-electron chi connectivity index (χ1n) is 4.03. The lowest BCUT2D eigenvalue weighted by Gasteiger charge is -2.18. The third kappa shape index (κ3) is 2.43. The highest BCUT2D eigenvalue weighted by Gasteiger charge is 2.21. The van der Waals surface area contributed by atoms with Gasteiger partial charge in [-0.05, 0) is 19.9 Å². The van der Waals surface area contributed by atoms with Crippen LogP contribution in [0.1, 0.15) is 19.5 Å². The van der Waals surface area contributed by atoms with Crippen LogP contribution in [0.5, 0.6) is 0 Å². The zero-order chi connectivity index (χ0) is 10.8. The summed E-state index contributed by atoms with van der Waals surface area (Å²) in [4.78, 5) is 14.1. The minimum absolute atomic E-state index is 0.323. The summed E-state index contributed by atoms with van der Waals surface area (Å²) in [5.74, 6) is 0. The van der Waals surface area contributed by atoms with Gasteiger partial charge in [0.15, 0.2) is 0 Å². The lowest BCUT2D eigenvalue weighted by molar-refractivity contribution is -0.105. The molecule has 1 amide bonds. The van der Waals surface area contributed by atoms with E-state index in [0.29, 0.717) is 22.8 Å². The average molecular weight is 215 g/mol. The zero-order valence-corrected chi connectivity index (χ0v) is 8.67. The molecule has 0 fully saturated rings. The molecule has 0 spiro atoms. The second kappa shape index (κ2) is 3.94. The molecule has 2 N–H and O–H groups in total. The van der Waals surface area contributed by atoms with Gasteiger partial charge >= 0.3 is 0 Å². The van der Waals surface area contributed by atoms with E-state index in [1.807, 2.05) is 0 Å². The van der Waals surface area contributed by atoms with Crippen molar-refractivity contribution in [3.8, 4) is 0 Å².